The van der Waals surface area contributed by atoms with E-state index in [1.807, 2.05) is 0 Å². The Morgan fingerprint density at radius 3 is 2.00 bits per heavy atom. The standard InChI is InChI=1S/C23H20O9/c24-13-1-11(2-14(25)7-13)23-12(3-16-18(28)8-15(26)9-21(16)32-23)6-17(27)10-4-19(29)22(31)20(30)5-10/h1-2,4-5,7-9,12,23-26,28-31H,3,6H2/t12-,23?/m1/s1. The number of Topliss-reactive ketones (excluding diaryl/α,β-unsaturated/α-hetero) is 1. The molecule has 1 unspecified atom stereocenters. The van der Waals surface area contributed by atoms with Gasteiger partial charge >= 0.3 is 0 Å². The maximum Gasteiger partial charge on any atom is 0.200 e. The maximum absolute atomic E-state index is 12.9. The quantitative estimate of drug-likeness (QED) is 0.238. The molecule has 0 spiro atoms. The number of hydrogen-bond acceptors (Lipinski definition) is 9. The van der Waals surface area contributed by atoms with Crippen LogP contribution in [0.4, 0.5) is 0 Å². The molecule has 0 aliphatic carbocycles. The molecule has 9 heteroatoms. The first-order chi connectivity index (χ1) is 15.1. The molecule has 1 aliphatic heterocycles. The minimum Gasteiger partial charge on any atom is -0.508 e. The zero-order valence-electron chi connectivity index (χ0n) is 16.6. The van der Waals surface area contributed by atoms with Crippen molar-refractivity contribution in [1.29, 1.82) is 0 Å². The SMILES string of the molecule is O=C(C[C@H]1Cc2c(O)cc(O)cc2OC1c1cc(O)cc(O)c1)c1cc(O)c(O)c(O)c1. The van der Waals surface area contributed by atoms with Crippen LogP contribution in [0.3, 0.4) is 0 Å². The average molecular weight is 440 g/mol. The van der Waals surface area contributed by atoms with E-state index in [1.165, 1.54) is 18.2 Å². The normalized spacial score (nSPS) is 17.4. The summed E-state index contributed by atoms with van der Waals surface area (Å²) < 4.78 is 5.97. The molecule has 0 saturated heterocycles. The molecule has 0 saturated carbocycles. The van der Waals surface area contributed by atoms with Crippen LogP contribution in [0.5, 0.6) is 46.0 Å². The number of rotatable bonds is 4. The number of ether oxygens (including phenoxy) is 1. The number of hydrogen-bond donors (Lipinski definition) is 7. The van der Waals surface area contributed by atoms with E-state index < -0.39 is 35.1 Å². The van der Waals surface area contributed by atoms with Gasteiger partial charge < -0.3 is 40.5 Å². The molecule has 3 aromatic carbocycles. The Morgan fingerprint density at radius 2 is 1.38 bits per heavy atom. The van der Waals surface area contributed by atoms with Crippen LogP contribution in [0, 0.1) is 5.92 Å². The molecule has 2 atom stereocenters. The van der Waals surface area contributed by atoms with Crippen LogP contribution in [0.25, 0.3) is 0 Å². The Labute approximate surface area is 181 Å². The maximum atomic E-state index is 12.9. The summed E-state index contributed by atoms with van der Waals surface area (Å²) in [5.41, 5.74) is 0.693. The Balaban J connectivity index is 1.73. The zero-order chi connectivity index (χ0) is 23.2. The summed E-state index contributed by atoms with van der Waals surface area (Å²) in [6.45, 7) is 0. The molecule has 0 aromatic heterocycles. The summed E-state index contributed by atoms with van der Waals surface area (Å²) in [5, 5.41) is 68.8. The fourth-order valence-corrected chi connectivity index (χ4v) is 3.95. The number of aromatic hydroxyl groups is 7. The van der Waals surface area contributed by atoms with Crippen molar-refractivity contribution in [2.24, 2.45) is 5.92 Å². The Hall–Kier alpha value is -4.27. The minimum absolute atomic E-state index is 0.0453. The molecule has 1 aliphatic rings. The van der Waals surface area contributed by atoms with Crippen LogP contribution in [0.2, 0.25) is 0 Å². The van der Waals surface area contributed by atoms with Gasteiger partial charge in [0.2, 0.25) is 0 Å². The second kappa shape index (κ2) is 7.77. The van der Waals surface area contributed by atoms with Gasteiger partial charge in [0, 0.05) is 41.7 Å². The lowest BCUT2D eigenvalue weighted by Gasteiger charge is -2.34. The predicted octanol–water partition coefficient (Wildman–Crippen LogP) is 3.19. The number of phenolic OH excluding ortho intramolecular Hbond substituents is 7. The molecule has 9 nitrogen and oxygen atoms in total. The topological polar surface area (TPSA) is 168 Å². The van der Waals surface area contributed by atoms with Crippen LogP contribution in [0.15, 0.2) is 42.5 Å². The molecule has 166 valence electrons. The van der Waals surface area contributed by atoms with Gasteiger partial charge in [0.25, 0.3) is 0 Å². The molecule has 4 rings (SSSR count). The Kier molecular flexibility index (Phi) is 5.09. The predicted molar refractivity (Wildman–Crippen MR) is 110 cm³/mol. The van der Waals surface area contributed by atoms with Crippen molar-refractivity contribution in [1.82, 2.24) is 0 Å². The van der Waals surface area contributed by atoms with Gasteiger partial charge in [-0.05, 0) is 36.2 Å². The van der Waals surface area contributed by atoms with Gasteiger partial charge in [0.15, 0.2) is 23.0 Å². The van der Waals surface area contributed by atoms with E-state index >= 15 is 0 Å². The number of fused-ring (bicyclic) bond motifs is 1. The van der Waals surface area contributed by atoms with Crippen molar-refractivity contribution >= 4 is 5.78 Å². The molecular weight excluding hydrogens is 420 g/mol. The van der Waals surface area contributed by atoms with Gasteiger partial charge in [0.05, 0.1) is 0 Å². The lowest BCUT2D eigenvalue weighted by Crippen LogP contribution is -2.28. The first kappa shape index (κ1) is 21.0. The first-order valence-corrected chi connectivity index (χ1v) is 9.65. The molecule has 0 bridgehead atoms. The highest BCUT2D eigenvalue weighted by atomic mass is 16.5. The molecule has 0 fully saturated rings. The van der Waals surface area contributed by atoms with E-state index in [2.05, 4.69) is 0 Å². The number of phenols is 7. The summed E-state index contributed by atoms with van der Waals surface area (Å²) in [6.07, 6.45) is -0.848. The third-order valence-electron chi connectivity index (χ3n) is 5.41. The fourth-order valence-electron chi connectivity index (χ4n) is 3.95. The van der Waals surface area contributed by atoms with Crippen molar-refractivity contribution in [3.05, 3.63) is 59.2 Å². The Bertz CT molecular complexity index is 1180. The van der Waals surface area contributed by atoms with E-state index in [0.717, 1.165) is 24.3 Å². The average Bonchev–Trinajstić information content (AvgIpc) is 2.70. The van der Waals surface area contributed by atoms with E-state index in [0.29, 0.717) is 11.1 Å². The van der Waals surface area contributed by atoms with Crippen molar-refractivity contribution in [2.75, 3.05) is 0 Å². The van der Waals surface area contributed by atoms with Crippen LogP contribution >= 0.6 is 0 Å². The van der Waals surface area contributed by atoms with E-state index in [4.69, 9.17) is 4.74 Å². The first-order valence-electron chi connectivity index (χ1n) is 9.65. The summed E-state index contributed by atoms with van der Waals surface area (Å²) in [4.78, 5) is 12.9. The van der Waals surface area contributed by atoms with Crippen LogP contribution in [-0.4, -0.2) is 41.5 Å². The molecule has 7 N–H and O–H groups in total. The van der Waals surface area contributed by atoms with Crippen LogP contribution in [-0.2, 0) is 6.42 Å². The third kappa shape index (κ3) is 3.87. The van der Waals surface area contributed by atoms with Crippen molar-refractivity contribution in [2.45, 2.75) is 18.9 Å². The summed E-state index contributed by atoms with van der Waals surface area (Å²) in [5.74, 6) is -3.79. The van der Waals surface area contributed by atoms with Gasteiger partial charge in [0.1, 0.15) is 34.9 Å². The van der Waals surface area contributed by atoms with Gasteiger partial charge in [-0.25, -0.2) is 0 Å². The number of carbonyl (C=O) groups excluding carboxylic acids is 1. The number of carbonyl (C=O) groups is 1. The Morgan fingerprint density at radius 1 is 0.781 bits per heavy atom. The number of benzene rings is 3. The number of ketones is 1. The third-order valence-corrected chi connectivity index (χ3v) is 5.41. The molecule has 32 heavy (non-hydrogen) atoms. The van der Waals surface area contributed by atoms with E-state index in [-0.39, 0.29) is 47.2 Å². The van der Waals surface area contributed by atoms with E-state index in [1.54, 1.807) is 0 Å². The summed E-state index contributed by atoms with van der Waals surface area (Å²) >= 11 is 0. The minimum atomic E-state index is -0.843. The smallest absolute Gasteiger partial charge is 0.200 e. The van der Waals surface area contributed by atoms with Gasteiger partial charge in [-0.2, -0.15) is 0 Å². The van der Waals surface area contributed by atoms with Crippen LogP contribution in [0.1, 0.15) is 34.0 Å². The van der Waals surface area contributed by atoms with Gasteiger partial charge in [-0.15, -0.1) is 0 Å². The second-order valence-corrected chi connectivity index (χ2v) is 7.72. The van der Waals surface area contributed by atoms with Gasteiger partial charge in [-0.1, -0.05) is 0 Å². The highest BCUT2D eigenvalue weighted by Gasteiger charge is 2.35. The largest absolute Gasteiger partial charge is 0.508 e. The van der Waals surface area contributed by atoms with Crippen molar-refractivity contribution < 1.29 is 45.3 Å². The van der Waals surface area contributed by atoms with Crippen molar-refractivity contribution in [3.8, 4) is 46.0 Å². The molecule has 3 aromatic rings. The summed E-state index contributed by atoms with van der Waals surface area (Å²) in [7, 11) is 0. The fraction of sp³-hybridized carbons (Fsp3) is 0.174. The van der Waals surface area contributed by atoms with E-state index in [9.17, 15) is 40.5 Å². The van der Waals surface area contributed by atoms with Crippen molar-refractivity contribution in [3.63, 3.8) is 0 Å². The molecule has 0 amide bonds. The zero-order valence-corrected chi connectivity index (χ0v) is 16.6. The molecular formula is C23H20O9. The monoisotopic (exact) mass is 440 g/mol. The summed E-state index contributed by atoms with van der Waals surface area (Å²) in [6, 6.07) is 8.40. The highest BCUT2D eigenvalue weighted by molar-refractivity contribution is 5.97. The lowest BCUT2D eigenvalue weighted by atomic mass is 9.82. The second-order valence-electron chi connectivity index (χ2n) is 7.72. The molecule has 0 radical (unpaired) electrons. The highest BCUT2D eigenvalue weighted by Crippen LogP contribution is 2.46. The lowest BCUT2D eigenvalue weighted by molar-refractivity contribution is 0.0797. The van der Waals surface area contributed by atoms with Gasteiger partial charge in [-0.3, -0.25) is 4.79 Å². The molecule has 1 heterocycles. The van der Waals surface area contributed by atoms with Crippen LogP contribution < -0.4 is 4.74 Å².